The van der Waals surface area contributed by atoms with Gasteiger partial charge in [0.2, 0.25) is 11.6 Å². The van der Waals surface area contributed by atoms with E-state index in [2.05, 4.69) is 16.9 Å². The third-order valence-electron chi connectivity index (χ3n) is 4.64. The molecule has 0 aliphatic carbocycles. The summed E-state index contributed by atoms with van der Waals surface area (Å²) in [4.78, 5) is 18.1. The maximum atomic E-state index is 9.44. The first-order valence-electron chi connectivity index (χ1n) is 10.5. The zero-order valence-corrected chi connectivity index (χ0v) is 18.5. The Balaban J connectivity index is 0.000000454. The Morgan fingerprint density at radius 1 is 1.03 bits per heavy atom. The van der Waals surface area contributed by atoms with E-state index >= 15 is 0 Å². The molecule has 2 aromatic carbocycles. The van der Waals surface area contributed by atoms with Gasteiger partial charge in [-0.2, -0.15) is 0 Å². The predicted octanol–water partition coefficient (Wildman–Crippen LogP) is 4.81. The van der Waals surface area contributed by atoms with Crippen LogP contribution >= 0.6 is 0 Å². The van der Waals surface area contributed by atoms with Crippen molar-refractivity contribution >= 4 is 17.1 Å². The zero-order chi connectivity index (χ0) is 23.6. The summed E-state index contributed by atoms with van der Waals surface area (Å²) in [7, 11) is 1.65. The van der Waals surface area contributed by atoms with E-state index in [4.69, 9.17) is 24.1 Å². The Labute approximate surface area is 191 Å². The second kappa shape index (κ2) is 11.6. The number of carboxylic acids is 1. The lowest BCUT2D eigenvalue weighted by Gasteiger charge is -2.08. The molecule has 0 spiro atoms. The van der Waals surface area contributed by atoms with Crippen LogP contribution in [0.3, 0.4) is 0 Å². The number of hydrogen-bond acceptors (Lipinski definition) is 7. The molecule has 2 N–H and O–H groups in total. The fourth-order valence-corrected chi connectivity index (χ4v) is 3.14. The Kier molecular flexibility index (Phi) is 8.37. The number of methoxy groups -OCH3 is 1. The minimum atomic E-state index is -0.961. The van der Waals surface area contributed by atoms with E-state index in [0.717, 1.165) is 40.0 Å². The molecule has 8 nitrogen and oxygen atoms in total. The molecule has 0 fully saturated rings. The summed E-state index contributed by atoms with van der Waals surface area (Å²) >= 11 is 0. The van der Waals surface area contributed by atoms with Crippen molar-refractivity contribution in [1.82, 2.24) is 9.97 Å². The van der Waals surface area contributed by atoms with Gasteiger partial charge in [0.25, 0.3) is 0 Å². The number of benzene rings is 2. The number of fused-ring (bicyclic) bond motifs is 1. The SMILES string of the molecule is CCCOc1ncnc2oc(-c3ccccc3)c(-c3ccc(OC)cc3)c12.O=C(O)CCO. The van der Waals surface area contributed by atoms with E-state index in [9.17, 15) is 4.79 Å². The van der Waals surface area contributed by atoms with Crippen LogP contribution in [0, 0.1) is 0 Å². The van der Waals surface area contributed by atoms with Crippen LogP contribution in [0.2, 0.25) is 0 Å². The van der Waals surface area contributed by atoms with Crippen molar-refractivity contribution in [2.75, 3.05) is 20.3 Å². The number of furan rings is 1. The van der Waals surface area contributed by atoms with Crippen molar-refractivity contribution in [3.05, 3.63) is 60.9 Å². The summed E-state index contributed by atoms with van der Waals surface area (Å²) in [5, 5.41) is 16.4. The van der Waals surface area contributed by atoms with Gasteiger partial charge in [0.15, 0.2) is 0 Å². The highest BCUT2D eigenvalue weighted by Crippen LogP contribution is 2.43. The summed E-state index contributed by atoms with van der Waals surface area (Å²) < 4.78 is 17.3. The van der Waals surface area contributed by atoms with Crippen LogP contribution in [0.4, 0.5) is 0 Å². The fraction of sp³-hybridized carbons (Fsp3) is 0.240. The number of aromatic nitrogens is 2. The number of aliphatic hydroxyl groups is 1. The minimum absolute atomic E-state index is 0.153. The second-order valence-electron chi connectivity index (χ2n) is 6.98. The van der Waals surface area contributed by atoms with Gasteiger partial charge in [0.05, 0.1) is 26.7 Å². The van der Waals surface area contributed by atoms with E-state index in [1.165, 1.54) is 6.33 Å². The predicted molar refractivity (Wildman–Crippen MR) is 124 cm³/mol. The number of rotatable bonds is 8. The van der Waals surface area contributed by atoms with Gasteiger partial charge in [-0.15, -0.1) is 0 Å². The third-order valence-corrected chi connectivity index (χ3v) is 4.64. The number of aliphatic carboxylic acids is 1. The van der Waals surface area contributed by atoms with E-state index in [1.807, 2.05) is 54.6 Å². The smallest absolute Gasteiger partial charge is 0.305 e. The number of ether oxygens (including phenoxy) is 2. The van der Waals surface area contributed by atoms with Crippen LogP contribution in [0.25, 0.3) is 33.6 Å². The minimum Gasteiger partial charge on any atom is -0.497 e. The van der Waals surface area contributed by atoms with Crippen molar-refractivity contribution < 1.29 is 28.9 Å². The quantitative estimate of drug-likeness (QED) is 0.393. The maximum absolute atomic E-state index is 9.44. The summed E-state index contributed by atoms with van der Waals surface area (Å²) in [6, 6.07) is 17.9. The highest BCUT2D eigenvalue weighted by molar-refractivity contribution is 6.03. The van der Waals surface area contributed by atoms with Gasteiger partial charge in [-0.25, -0.2) is 9.97 Å². The molecule has 172 valence electrons. The second-order valence-corrected chi connectivity index (χ2v) is 6.98. The van der Waals surface area contributed by atoms with Crippen molar-refractivity contribution in [3.8, 4) is 34.1 Å². The Morgan fingerprint density at radius 3 is 2.33 bits per heavy atom. The molecule has 0 bridgehead atoms. The first-order valence-corrected chi connectivity index (χ1v) is 10.5. The van der Waals surface area contributed by atoms with Gasteiger partial charge in [-0.3, -0.25) is 4.79 Å². The van der Waals surface area contributed by atoms with Crippen LogP contribution in [0.1, 0.15) is 19.8 Å². The van der Waals surface area contributed by atoms with E-state index in [1.54, 1.807) is 7.11 Å². The van der Waals surface area contributed by atoms with Crippen LogP contribution in [-0.2, 0) is 4.79 Å². The average molecular weight is 450 g/mol. The Hall–Kier alpha value is -3.91. The monoisotopic (exact) mass is 450 g/mol. The van der Waals surface area contributed by atoms with Crippen molar-refractivity contribution in [1.29, 1.82) is 0 Å². The molecule has 0 aliphatic rings. The first kappa shape index (κ1) is 23.7. The zero-order valence-electron chi connectivity index (χ0n) is 18.5. The number of carbonyl (C=O) groups is 1. The third kappa shape index (κ3) is 5.87. The molecule has 4 rings (SSSR count). The van der Waals surface area contributed by atoms with Crippen LogP contribution in [0.5, 0.6) is 11.6 Å². The van der Waals surface area contributed by atoms with E-state index < -0.39 is 5.97 Å². The maximum Gasteiger partial charge on any atom is 0.305 e. The van der Waals surface area contributed by atoms with Crippen molar-refractivity contribution in [3.63, 3.8) is 0 Å². The number of nitrogens with zero attached hydrogens (tertiary/aromatic N) is 2. The summed E-state index contributed by atoms with van der Waals surface area (Å²) in [5.74, 6) is 1.13. The molecular formula is C25H26N2O6. The highest BCUT2D eigenvalue weighted by Gasteiger charge is 2.22. The first-order chi connectivity index (χ1) is 16.1. The molecule has 2 heterocycles. The fourth-order valence-electron chi connectivity index (χ4n) is 3.14. The molecule has 0 atom stereocenters. The summed E-state index contributed by atoms with van der Waals surface area (Å²) in [6.45, 7) is 2.38. The summed E-state index contributed by atoms with van der Waals surface area (Å²) in [6.07, 6.45) is 2.22. The lowest BCUT2D eigenvalue weighted by atomic mass is 9.99. The van der Waals surface area contributed by atoms with Gasteiger partial charge in [0.1, 0.15) is 23.2 Å². The Morgan fingerprint density at radius 2 is 1.76 bits per heavy atom. The molecule has 0 aliphatic heterocycles. The standard InChI is InChI=1S/C22H20N2O3.C3H6O3/c1-3-13-26-21-19-18(15-9-11-17(25-2)12-10-15)20(16-7-5-4-6-8-16)27-22(19)24-14-23-21;4-2-1-3(5)6/h4-12,14H,3,13H2,1-2H3;4H,1-2H2,(H,5,6). The van der Waals surface area contributed by atoms with Gasteiger partial charge < -0.3 is 24.1 Å². The molecule has 0 unspecified atom stereocenters. The van der Waals surface area contributed by atoms with E-state index in [0.29, 0.717) is 18.2 Å². The number of carboxylic acid groups (broad SMARTS) is 1. The van der Waals surface area contributed by atoms with Gasteiger partial charge in [0, 0.05) is 11.1 Å². The average Bonchev–Trinajstić information content (AvgIpc) is 3.24. The molecule has 0 amide bonds. The normalized spacial score (nSPS) is 10.4. The largest absolute Gasteiger partial charge is 0.497 e. The van der Waals surface area contributed by atoms with E-state index in [-0.39, 0.29) is 13.0 Å². The Bertz CT molecular complexity index is 1170. The molecular weight excluding hydrogens is 424 g/mol. The van der Waals surface area contributed by atoms with Gasteiger partial charge in [-0.1, -0.05) is 49.4 Å². The van der Waals surface area contributed by atoms with Crippen LogP contribution in [-0.4, -0.2) is 46.5 Å². The van der Waals surface area contributed by atoms with Crippen LogP contribution < -0.4 is 9.47 Å². The molecule has 2 aromatic heterocycles. The number of aliphatic hydroxyl groups excluding tert-OH is 1. The molecule has 33 heavy (non-hydrogen) atoms. The van der Waals surface area contributed by atoms with Crippen molar-refractivity contribution in [2.24, 2.45) is 0 Å². The van der Waals surface area contributed by atoms with Crippen molar-refractivity contribution in [2.45, 2.75) is 19.8 Å². The highest BCUT2D eigenvalue weighted by atomic mass is 16.5. The lowest BCUT2D eigenvalue weighted by molar-refractivity contribution is -0.137. The number of hydrogen-bond donors (Lipinski definition) is 2. The van der Waals surface area contributed by atoms with Gasteiger partial charge >= 0.3 is 5.97 Å². The molecule has 0 saturated carbocycles. The molecule has 4 aromatic rings. The molecule has 8 heteroatoms. The topological polar surface area (TPSA) is 115 Å². The lowest BCUT2D eigenvalue weighted by Crippen LogP contribution is -1.98. The summed E-state index contributed by atoms with van der Waals surface area (Å²) in [5.41, 5.74) is 3.40. The van der Waals surface area contributed by atoms with Crippen LogP contribution in [0.15, 0.2) is 65.3 Å². The molecule has 0 radical (unpaired) electrons. The molecule has 0 saturated heterocycles. The van der Waals surface area contributed by atoms with Gasteiger partial charge in [-0.05, 0) is 24.1 Å².